The van der Waals surface area contributed by atoms with Crippen LogP contribution in [0, 0.1) is 5.82 Å². The third kappa shape index (κ3) is 1.21. The zero-order chi connectivity index (χ0) is 10.6. The molecule has 3 rings (SSSR count). The lowest BCUT2D eigenvalue weighted by Crippen LogP contribution is -2.21. The van der Waals surface area contributed by atoms with E-state index in [9.17, 15) is 4.39 Å². The van der Waals surface area contributed by atoms with Gasteiger partial charge in [-0.1, -0.05) is 11.6 Å². The molecule has 0 amide bonds. The molecule has 1 heterocycles. The van der Waals surface area contributed by atoms with E-state index in [2.05, 4.69) is 0 Å². The molecule has 3 nitrogen and oxygen atoms in total. The number of nitrogens with two attached hydrogens (primary N) is 1. The van der Waals surface area contributed by atoms with E-state index >= 15 is 0 Å². The molecule has 5 heteroatoms. The molecule has 1 aromatic carbocycles. The second-order valence-electron chi connectivity index (χ2n) is 3.94. The van der Waals surface area contributed by atoms with Crippen LogP contribution in [0.3, 0.4) is 0 Å². The first-order valence-corrected chi connectivity index (χ1v) is 5.06. The Hall–Kier alpha value is -1.00. The van der Waals surface area contributed by atoms with Gasteiger partial charge >= 0.3 is 0 Å². The van der Waals surface area contributed by atoms with E-state index in [0.717, 1.165) is 12.8 Å². The maximum Gasteiger partial charge on any atom is 0.231 e. The number of fused-ring (bicyclic) bond motifs is 1. The number of rotatable bonds is 1. The first-order valence-electron chi connectivity index (χ1n) is 4.69. The molecule has 0 saturated heterocycles. The number of hydrogen-bond acceptors (Lipinski definition) is 3. The van der Waals surface area contributed by atoms with E-state index in [1.54, 1.807) is 0 Å². The van der Waals surface area contributed by atoms with E-state index in [0.29, 0.717) is 17.1 Å². The normalized spacial score (nSPS) is 20.5. The molecule has 1 aliphatic carbocycles. The van der Waals surface area contributed by atoms with Crippen molar-refractivity contribution >= 4 is 11.6 Å². The number of hydrogen-bond donors (Lipinski definition) is 1. The first-order chi connectivity index (χ1) is 7.12. The monoisotopic (exact) mass is 229 g/mol. The minimum Gasteiger partial charge on any atom is -0.454 e. The van der Waals surface area contributed by atoms with Crippen LogP contribution in [0.1, 0.15) is 18.4 Å². The van der Waals surface area contributed by atoms with Gasteiger partial charge in [0.2, 0.25) is 6.79 Å². The summed E-state index contributed by atoms with van der Waals surface area (Å²) in [4.78, 5) is 0. The van der Waals surface area contributed by atoms with Gasteiger partial charge < -0.3 is 15.2 Å². The van der Waals surface area contributed by atoms with Gasteiger partial charge in [-0.15, -0.1) is 0 Å². The summed E-state index contributed by atoms with van der Waals surface area (Å²) in [5.74, 6) is 0.408. The lowest BCUT2D eigenvalue weighted by Gasteiger charge is -2.14. The van der Waals surface area contributed by atoms with Crippen molar-refractivity contribution in [2.24, 2.45) is 5.73 Å². The Kier molecular flexibility index (Phi) is 1.71. The standard InChI is InChI=1S/C10H9ClFNO2/c11-5-3-6-9(15-4-14-6)7(8(5)12)10(13)1-2-10/h3H,1-2,4,13H2. The number of benzene rings is 1. The molecule has 0 bridgehead atoms. The highest BCUT2D eigenvalue weighted by atomic mass is 35.5. The van der Waals surface area contributed by atoms with Crippen molar-refractivity contribution in [1.82, 2.24) is 0 Å². The highest BCUT2D eigenvalue weighted by molar-refractivity contribution is 6.31. The summed E-state index contributed by atoms with van der Waals surface area (Å²) in [6.45, 7) is 0.0954. The fourth-order valence-corrected chi connectivity index (χ4v) is 2.01. The third-order valence-electron chi connectivity index (χ3n) is 2.84. The Morgan fingerprint density at radius 2 is 2.13 bits per heavy atom. The lowest BCUT2D eigenvalue weighted by molar-refractivity contribution is 0.172. The Labute approximate surface area is 90.9 Å². The highest BCUT2D eigenvalue weighted by Gasteiger charge is 2.46. The summed E-state index contributed by atoms with van der Waals surface area (Å²) >= 11 is 5.77. The van der Waals surface area contributed by atoms with E-state index in [4.69, 9.17) is 26.8 Å². The van der Waals surface area contributed by atoms with Crippen LogP contribution < -0.4 is 15.2 Å². The number of ether oxygens (including phenoxy) is 2. The van der Waals surface area contributed by atoms with Crippen LogP contribution in [0.15, 0.2) is 6.07 Å². The molecular formula is C10H9ClFNO2. The Morgan fingerprint density at radius 3 is 2.80 bits per heavy atom. The SMILES string of the molecule is NC1(c2c(F)c(Cl)cc3c2OCO3)CC1. The van der Waals surface area contributed by atoms with Gasteiger partial charge in [0.25, 0.3) is 0 Å². The van der Waals surface area contributed by atoms with Gasteiger partial charge in [-0.3, -0.25) is 0 Å². The van der Waals surface area contributed by atoms with Crippen molar-refractivity contribution < 1.29 is 13.9 Å². The minimum atomic E-state index is -0.618. The largest absolute Gasteiger partial charge is 0.454 e. The molecule has 1 aliphatic heterocycles. The fourth-order valence-electron chi connectivity index (χ4n) is 1.82. The fraction of sp³-hybridized carbons (Fsp3) is 0.400. The smallest absolute Gasteiger partial charge is 0.231 e. The van der Waals surface area contributed by atoms with Crippen LogP contribution in [0.2, 0.25) is 5.02 Å². The highest BCUT2D eigenvalue weighted by Crippen LogP contribution is 2.53. The minimum absolute atomic E-state index is 0.0333. The summed E-state index contributed by atoms with van der Waals surface area (Å²) in [5, 5.41) is 0.0333. The predicted molar refractivity (Wildman–Crippen MR) is 52.6 cm³/mol. The maximum absolute atomic E-state index is 13.8. The van der Waals surface area contributed by atoms with Crippen molar-refractivity contribution in [2.75, 3.05) is 6.79 Å². The lowest BCUT2D eigenvalue weighted by atomic mass is 10.0. The van der Waals surface area contributed by atoms with E-state index in [-0.39, 0.29) is 11.8 Å². The van der Waals surface area contributed by atoms with E-state index < -0.39 is 11.4 Å². The zero-order valence-corrected chi connectivity index (χ0v) is 8.60. The quantitative estimate of drug-likeness (QED) is 0.803. The molecule has 80 valence electrons. The maximum atomic E-state index is 13.8. The predicted octanol–water partition coefficient (Wildman–Crippen LogP) is 2.16. The van der Waals surface area contributed by atoms with Gasteiger partial charge in [0, 0.05) is 11.6 Å². The Bertz CT molecular complexity index is 446. The van der Waals surface area contributed by atoms with Gasteiger partial charge in [-0.05, 0) is 12.8 Å². The molecule has 0 aromatic heterocycles. The molecule has 0 radical (unpaired) electrons. The summed E-state index contributed by atoms with van der Waals surface area (Å²) in [6.07, 6.45) is 1.50. The topological polar surface area (TPSA) is 44.5 Å². The Balaban J connectivity index is 2.26. The van der Waals surface area contributed by atoms with Crippen molar-refractivity contribution in [2.45, 2.75) is 18.4 Å². The Morgan fingerprint density at radius 1 is 1.40 bits per heavy atom. The summed E-state index contributed by atoms with van der Waals surface area (Å²) in [6, 6.07) is 1.43. The summed E-state index contributed by atoms with van der Waals surface area (Å²) in [5.41, 5.74) is 5.72. The molecule has 1 saturated carbocycles. The summed E-state index contributed by atoms with van der Waals surface area (Å²) < 4.78 is 24.2. The molecular weight excluding hydrogens is 221 g/mol. The van der Waals surface area contributed by atoms with E-state index in [1.807, 2.05) is 0 Å². The second kappa shape index (κ2) is 2.77. The van der Waals surface area contributed by atoms with Crippen LogP contribution in [-0.2, 0) is 5.54 Å². The molecule has 1 aromatic rings. The van der Waals surface area contributed by atoms with Crippen molar-refractivity contribution in [1.29, 1.82) is 0 Å². The third-order valence-corrected chi connectivity index (χ3v) is 3.12. The molecule has 2 aliphatic rings. The second-order valence-corrected chi connectivity index (χ2v) is 4.34. The van der Waals surface area contributed by atoms with Crippen molar-refractivity contribution in [3.8, 4) is 11.5 Å². The van der Waals surface area contributed by atoms with Gasteiger partial charge in [0.15, 0.2) is 17.3 Å². The molecule has 1 fully saturated rings. The zero-order valence-electron chi connectivity index (χ0n) is 7.85. The molecule has 2 N–H and O–H groups in total. The van der Waals surface area contributed by atoms with Gasteiger partial charge in [-0.25, -0.2) is 4.39 Å². The van der Waals surface area contributed by atoms with Crippen molar-refractivity contribution in [3.63, 3.8) is 0 Å². The first kappa shape index (κ1) is 9.24. The van der Waals surface area contributed by atoms with Crippen LogP contribution >= 0.6 is 11.6 Å². The van der Waals surface area contributed by atoms with Crippen LogP contribution in [0.25, 0.3) is 0 Å². The summed E-state index contributed by atoms with van der Waals surface area (Å²) in [7, 11) is 0. The van der Waals surface area contributed by atoms with Crippen molar-refractivity contribution in [3.05, 3.63) is 22.5 Å². The molecule has 0 unspecified atom stereocenters. The van der Waals surface area contributed by atoms with Gasteiger partial charge in [0.1, 0.15) is 0 Å². The molecule has 0 atom stereocenters. The van der Waals surface area contributed by atoms with E-state index in [1.165, 1.54) is 6.07 Å². The molecule has 0 spiro atoms. The van der Waals surface area contributed by atoms with Crippen LogP contribution in [-0.4, -0.2) is 6.79 Å². The van der Waals surface area contributed by atoms with Crippen LogP contribution in [0.4, 0.5) is 4.39 Å². The molecule has 15 heavy (non-hydrogen) atoms. The van der Waals surface area contributed by atoms with Gasteiger partial charge in [0.05, 0.1) is 10.6 Å². The van der Waals surface area contributed by atoms with Crippen LogP contribution in [0.5, 0.6) is 11.5 Å². The average Bonchev–Trinajstić information content (AvgIpc) is 2.76. The van der Waals surface area contributed by atoms with Gasteiger partial charge in [-0.2, -0.15) is 0 Å². The average molecular weight is 230 g/mol. The number of halogens is 2.